The minimum absolute atomic E-state index is 0.0906. The fourth-order valence-electron chi connectivity index (χ4n) is 3.56. The summed E-state index contributed by atoms with van der Waals surface area (Å²) < 4.78 is 11.0. The molecule has 2 heterocycles. The van der Waals surface area contributed by atoms with Crippen molar-refractivity contribution in [2.75, 3.05) is 12.0 Å². The second kappa shape index (κ2) is 10.2. The fourth-order valence-corrected chi connectivity index (χ4v) is 5.75. The molecule has 2 amide bonds. The van der Waals surface area contributed by atoms with E-state index >= 15 is 0 Å². The fraction of sp³-hybridized carbons (Fsp3) is 0.478. The summed E-state index contributed by atoms with van der Waals surface area (Å²) in [5, 5.41) is 2.35. The van der Waals surface area contributed by atoms with Gasteiger partial charge in [0.2, 0.25) is 5.91 Å². The van der Waals surface area contributed by atoms with Crippen LogP contribution in [0.25, 0.3) is 0 Å². The summed E-state index contributed by atoms with van der Waals surface area (Å²) in [5.41, 5.74) is -0.0554. The van der Waals surface area contributed by atoms with E-state index in [1.54, 1.807) is 27.0 Å². The second-order valence-electron chi connectivity index (χ2n) is 8.67. The first-order valence-corrected chi connectivity index (χ1v) is 12.8. The van der Waals surface area contributed by atoms with E-state index in [9.17, 15) is 19.2 Å². The van der Waals surface area contributed by atoms with Crippen molar-refractivity contribution in [3.63, 3.8) is 0 Å². The molecule has 0 radical (unpaired) electrons. The number of nitrogens with one attached hydrogen (secondary N) is 1. The predicted octanol–water partition coefficient (Wildman–Crippen LogP) is 2.48. The van der Waals surface area contributed by atoms with Gasteiger partial charge in [0, 0.05) is 18.2 Å². The highest BCUT2D eigenvalue weighted by molar-refractivity contribution is 8.01. The molecule has 3 atom stereocenters. The van der Waals surface area contributed by atoms with Gasteiger partial charge in [-0.1, -0.05) is 30.3 Å². The third-order valence-electron chi connectivity index (χ3n) is 4.89. The van der Waals surface area contributed by atoms with Gasteiger partial charge in [0.1, 0.15) is 22.7 Å². The standard InChI is InChI=1S/C23H28N2O6S2/c1-13(26)30-22(32-5)15-12-33-20-17(24-16(27)11-14-9-7-6-8-10-14)19(28)25(20)18(15)21(29)31-23(2,3)4/h6-10,17,20,22H,11-12H2,1-5H3,(H,24,27)/t17-,20+,22?/m0/s1. The van der Waals surface area contributed by atoms with Crippen LogP contribution >= 0.6 is 23.5 Å². The van der Waals surface area contributed by atoms with Gasteiger partial charge in [-0.05, 0) is 32.6 Å². The van der Waals surface area contributed by atoms with Crippen LogP contribution in [0.2, 0.25) is 0 Å². The van der Waals surface area contributed by atoms with Gasteiger partial charge in [-0.15, -0.1) is 23.5 Å². The van der Waals surface area contributed by atoms with Gasteiger partial charge in [-0.2, -0.15) is 0 Å². The van der Waals surface area contributed by atoms with Crippen molar-refractivity contribution in [1.29, 1.82) is 0 Å². The molecule has 0 aliphatic carbocycles. The lowest BCUT2D eigenvalue weighted by Crippen LogP contribution is -2.71. The molecule has 1 saturated heterocycles. The molecular formula is C23H28N2O6S2. The Balaban J connectivity index is 1.83. The number of rotatable bonds is 7. The SMILES string of the molecule is CSC(OC(C)=O)C1=C(C(=O)OC(C)(C)C)N2C(=O)[C@H](NC(=O)Cc3ccccc3)[C@H]2SC1. The lowest BCUT2D eigenvalue weighted by Gasteiger charge is -2.50. The molecule has 10 heteroatoms. The molecule has 2 aliphatic heterocycles. The van der Waals surface area contributed by atoms with Crippen molar-refractivity contribution >= 4 is 47.3 Å². The number of thioether (sulfide) groups is 2. The van der Waals surface area contributed by atoms with E-state index in [0.717, 1.165) is 5.56 Å². The Morgan fingerprint density at radius 1 is 1.24 bits per heavy atom. The minimum Gasteiger partial charge on any atom is -0.455 e. The number of nitrogens with zero attached hydrogens (tertiary/aromatic N) is 1. The van der Waals surface area contributed by atoms with Gasteiger partial charge in [0.15, 0.2) is 5.44 Å². The molecule has 1 fully saturated rings. The number of esters is 2. The molecule has 1 unspecified atom stereocenters. The lowest BCUT2D eigenvalue weighted by molar-refractivity contribution is -0.159. The average Bonchev–Trinajstić information content (AvgIpc) is 2.74. The van der Waals surface area contributed by atoms with Crippen LogP contribution in [0.15, 0.2) is 41.6 Å². The molecule has 1 aromatic carbocycles. The van der Waals surface area contributed by atoms with Crippen molar-refractivity contribution in [2.45, 2.75) is 56.6 Å². The molecule has 0 saturated carbocycles. The number of carbonyl (C=O) groups is 4. The highest BCUT2D eigenvalue weighted by atomic mass is 32.2. The molecule has 0 bridgehead atoms. The normalized spacial score (nSPS) is 21.0. The van der Waals surface area contributed by atoms with E-state index in [-0.39, 0.29) is 18.0 Å². The Morgan fingerprint density at radius 3 is 2.48 bits per heavy atom. The first-order chi connectivity index (χ1) is 15.5. The summed E-state index contributed by atoms with van der Waals surface area (Å²) in [6, 6.07) is 8.51. The monoisotopic (exact) mass is 492 g/mol. The van der Waals surface area contributed by atoms with E-state index in [1.165, 1.54) is 35.3 Å². The number of β-lactam (4-membered cyclic amide) rings is 1. The average molecular weight is 493 g/mol. The molecule has 1 N–H and O–H groups in total. The van der Waals surface area contributed by atoms with Gasteiger partial charge < -0.3 is 14.8 Å². The predicted molar refractivity (Wildman–Crippen MR) is 127 cm³/mol. The van der Waals surface area contributed by atoms with Crippen LogP contribution in [-0.4, -0.2) is 63.1 Å². The molecule has 178 valence electrons. The third kappa shape index (κ3) is 5.92. The van der Waals surface area contributed by atoms with Gasteiger partial charge in [0.05, 0.1) is 6.42 Å². The van der Waals surface area contributed by atoms with Gasteiger partial charge >= 0.3 is 11.9 Å². The number of amides is 2. The largest absolute Gasteiger partial charge is 0.455 e. The van der Waals surface area contributed by atoms with E-state index in [1.807, 2.05) is 30.3 Å². The summed E-state index contributed by atoms with van der Waals surface area (Å²) >= 11 is 2.67. The smallest absolute Gasteiger partial charge is 0.355 e. The number of carbonyl (C=O) groups excluding carboxylic acids is 4. The van der Waals surface area contributed by atoms with Gasteiger partial charge in [-0.3, -0.25) is 19.3 Å². The van der Waals surface area contributed by atoms with Gasteiger partial charge in [-0.25, -0.2) is 4.79 Å². The molecule has 0 spiro atoms. The van der Waals surface area contributed by atoms with Crippen LogP contribution in [0.4, 0.5) is 0 Å². The van der Waals surface area contributed by atoms with Crippen molar-refractivity contribution in [2.24, 2.45) is 0 Å². The van der Waals surface area contributed by atoms with Crippen molar-refractivity contribution in [3.8, 4) is 0 Å². The molecular weight excluding hydrogens is 464 g/mol. The van der Waals surface area contributed by atoms with Crippen LogP contribution < -0.4 is 5.32 Å². The highest BCUT2D eigenvalue weighted by Gasteiger charge is 2.55. The van der Waals surface area contributed by atoms with E-state index < -0.39 is 40.3 Å². The van der Waals surface area contributed by atoms with Crippen LogP contribution in [0.3, 0.4) is 0 Å². The quantitative estimate of drug-likeness (QED) is 0.352. The number of ether oxygens (including phenoxy) is 2. The summed E-state index contributed by atoms with van der Waals surface area (Å²) in [7, 11) is 0. The number of fused-ring (bicyclic) bond motifs is 1. The van der Waals surface area contributed by atoms with E-state index in [4.69, 9.17) is 9.47 Å². The lowest BCUT2D eigenvalue weighted by atomic mass is 10.0. The summed E-state index contributed by atoms with van der Waals surface area (Å²) in [5.74, 6) is -1.45. The Morgan fingerprint density at radius 2 is 1.91 bits per heavy atom. The maximum atomic E-state index is 13.1. The molecule has 1 aromatic rings. The number of hydrogen-bond acceptors (Lipinski definition) is 8. The summed E-state index contributed by atoms with van der Waals surface area (Å²) in [6.07, 6.45) is 1.91. The third-order valence-corrected chi connectivity index (χ3v) is 7.00. The summed E-state index contributed by atoms with van der Waals surface area (Å²) in [6.45, 7) is 6.51. The van der Waals surface area contributed by atoms with E-state index in [0.29, 0.717) is 11.3 Å². The maximum absolute atomic E-state index is 13.1. The number of benzene rings is 1. The summed E-state index contributed by atoms with van der Waals surface area (Å²) in [4.78, 5) is 51.7. The van der Waals surface area contributed by atoms with Crippen LogP contribution in [0.1, 0.15) is 33.3 Å². The Labute approximate surface area is 201 Å². The van der Waals surface area contributed by atoms with Crippen molar-refractivity contribution in [1.82, 2.24) is 10.2 Å². The Kier molecular flexibility index (Phi) is 7.79. The zero-order valence-electron chi connectivity index (χ0n) is 19.2. The molecule has 0 aromatic heterocycles. The zero-order chi connectivity index (χ0) is 24.3. The second-order valence-corrected chi connectivity index (χ2v) is 10.7. The molecule has 3 rings (SSSR count). The topological polar surface area (TPSA) is 102 Å². The maximum Gasteiger partial charge on any atom is 0.355 e. The van der Waals surface area contributed by atoms with Crippen LogP contribution in [0.5, 0.6) is 0 Å². The first-order valence-electron chi connectivity index (χ1n) is 10.5. The van der Waals surface area contributed by atoms with Crippen LogP contribution in [0, 0.1) is 0 Å². The van der Waals surface area contributed by atoms with Crippen LogP contribution in [-0.2, 0) is 35.1 Å². The zero-order valence-corrected chi connectivity index (χ0v) is 20.9. The minimum atomic E-state index is -0.775. The Hall–Kier alpha value is -2.46. The Bertz CT molecular complexity index is 973. The molecule has 8 nitrogen and oxygen atoms in total. The van der Waals surface area contributed by atoms with Crippen molar-refractivity contribution in [3.05, 3.63) is 47.2 Å². The molecule has 2 aliphatic rings. The van der Waals surface area contributed by atoms with Gasteiger partial charge in [0.25, 0.3) is 5.91 Å². The van der Waals surface area contributed by atoms with E-state index in [2.05, 4.69) is 5.32 Å². The highest BCUT2D eigenvalue weighted by Crippen LogP contribution is 2.43. The molecule has 33 heavy (non-hydrogen) atoms. The number of hydrogen-bond donors (Lipinski definition) is 1. The van der Waals surface area contributed by atoms with Crippen molar-refractivity contribution < 1.29 is 28.7 Å². The first kappa shape index (κ1) is 25.2.